The van der Waals surface area contributed by atoms with Gasteiger partial charge < -0.3 is 14.7 Å². The molecule has 0 radical (unpaired) electrons. The van der Waals surface area contributed by atoms with E-state index < -0.39 is 0 Å². The third-order valence-electron chi connectivity index (χ3n) is 4.74. The molecule has 0 bridgehead atoms. The van der Waals surface area contributed by atoms with Crippen molar-refractivity contribution in [1.82, 2.24) is 14.7 Å². The first-order valence-corrected chi connectivity index (χ1v) is 9.11. The maximum Gasteiger partial charge on any atom is 0.235 e. The summed E-state index contributed by atoms with van der Waals surface area (Å²) >= 11 is 1.65. The number of likely N-dealkylation sites (N-methyl/N-ethyl adjacent to an activating group) is 1. The molecule has 0 aliphatic carbocycles. The summed E-state index contributed by atoms with van der Waals surface area (Å²) in [4.78, 5) is 19.2. The standard InChI is InChI=1S/C15H29N3OS/c1-13(20-3)15(19)18-6-4-14(5-7-18)12-17-10-8-16(2)9-11-17/h13-14H,4-12H2,1-3H3/t13-/m1/s1. The molecular formula is C15H29N3OS. The average Bonchev–Trinajstić information content (AvgIpc) is 2.49. The van der Waals surface area contributed by atoms with E-state index in [0.717, 1.165) is 19.0 Å². The first kappa shape index (κ1) is 16.1. The normalized spacial score (nSPS) is 24.9. The molecule has 4 nitrogen and oxygen atoms in total. The predicted molar refractivity (Wildman–Crippen MR) is 86.2 cm³/mol. The highest BCUT2D eigenvalue weighted by Crippen LogP contribution is 2.21. The number of piperazine rings is 1. The molecule has 0 unspecified atom stereocenters. The summed E-state index contributed by atoms with van der Waals surface area (Å²) < 4.78 is 0. The summed E-state index contributed by atoms with van der Waals surface area (Å²) in [5.41, 5.74) is 0. The van der Waals surface area contributed by atoms with Crippen LogP contribution >= 0.6 is 11.8 Å². The number of carbonyl (C=O) groups is 1. The zero-order chi connectivity index (χ0) is 14.5. The highest BCUT2D eigenvalue weighted by Gasteiger charge is 2.27. The highest BCUT2D eigenvalue weighted by molar-refractivity contribution is 7.99. The third kappa shape index (κ3) is 4.37. The Balaban J connectivity index is 1.70. The molecule has 2 aliphatic rings. The lowest BCUT2D eigenvalue weighted by Gasteiger charge is -2.38. The molecule has 20 heavy (non-hydrogen) atoms. The van der Waals surface area contributed by atoms with Gasteiger partial charge >= 0.3 is 0 Å². The molecule has 0 aromatic rings. The van der Waals surface area contributed by atoms with Crippen molar-refractivity contribution in [3.8, 4) is 0 Å². The predicted octanol–water partition coefficient (Wildman–Crippen LogP) is 1.22. The number of nitrogens with zero attached hydrogens (tertiary/aromatic N) is 3. The highest BCUT2D eigenvalue weighted by atomic mass is 32.2. The smallest absolute Gasteiger partial charge is 0.235 e. The summed E-state index contributed by atoms with van der Waals surface area (Å²) in [6.45, 7) is 9.98. The Morgan fingerprint density at radius 3 is 2.30 bits per heavy atom. The van der Waals surface area contributed by atoms with Crippen LogP contribution in [-0.2, 0) is 4.79 Å². The number of piperidine rings is 1. The van der Waals surface area contributed by atoms with Crippen LogP contribution in [-0.4, -0.2) is 85.0 Å². The van der Waals surface area contributed by atoms with E-state index in [9.17, 15) is 4.79 Å². The number of hydrogen-bond acceptors (Lipinski definition) is 4. The Hall–Kier alpha value is -0.260. The molecule has 2 heterocycles. The van der Waals surface area contributed by atoms with E-state index in [-0.39, 0.29) is 5.25 Å². The van der Waals surface area contributed by atoms with Crippen LogP contribution in [0.15, 0.2) is 0 Å². The van der Waals surface area contributed by atoms with Crippen LogP contribution in [0, 0.1) is 5.92 Å². The van der Waals surface area contributed by atoms with Gasteiger partial charge in [-0.25, -0.2) is 0 Å². The van der Waals surface area contributed by atoms with Gasteiger partial charge in [-0.3, -0.25) is 4.79 Å². The van der Waals surface area contributed by atoms with Gasteiger partial charge in [0.25, 0.3) is 0 Å². The van der Waals surface area contributed by atoms with Gasteiger partial charge in [-0.05, 0) is 39.0 Å². The van der Waals surface area contributed by atoms with Gasteiger partial charge in [0.05, 0.1) is 5.25 Å². The Morgan fingerprint density at radius 1 is 1.15 bits per heavy atom. The molecule has 1 atom stereocenters. The summed E-state index contributed by atoms with van der Waals surface area (Å²) in [6, 6.07) is 0. The van der Waals surface area contributed by atoms with Gasteiger partial charge in [0.1, 0.15) is 0 Å². The topological polar surface area (TPSA) is 26.8 Å². The van der Waals surface area contributed by atoms with Gasteiger partial charge in [-0.2, -0.15) is 11.8 Å². The molecule has 5 heteroatoms. The lowest BCUT2D eigenvalue weighted by molar-refractivity contribution is -0.131. The number of likely N-dealkylation sites (tertiary alicyclic amines) is 1. The molecule has 116 valence electrons. The molecule has 2 saturated heterocycles. The fraction of sp³-hybridized carbons (Fsp3) is 0.933. The molecule has 2 fully saturated rings. The van der Waals surface area contributed by atoms with Gasteiger partial charge in [-0.15, -0.1) is 0 Å². The second-order valence-corrected chi connectivity index (χ2v) is 7.43. The van der Waals surface area contributed by atoms with Crippen LogP contribution < -0.4 is 0 Å². The van der Waals surface area contributed by atoms with E-state index in [1.807, 2.05) is 13.2 Å². The fourth-order valence-corrected chi connectivity index (χ4v) is 3.44. The Labute approximate surface area is 127 Å². The Kier molecular flexibility index (Phi) is 6.18. The van der Waals surface area contributed by atoms with E-state index >= 15 is 0 Å². The van der Waals surface area contributed by atoms with E-state index in [1.54, 1.807) is 11.8 Å². The maximum absolute atomic E-state index is 12.2. The van der Waals surface area contributed by atoms with Crippen LogP contribution in [0.4, 0.5) is 0 Å². The zero-order valence-electron chi connectivity index (χ0n) is 13.2. The van der Waals surface area contributed by atoms with E-state index in [0.29, 0.717) is 5.91 Å². The van der Waals surface area contributed by atoms with Crippen molar-refractivity contribution in [3.05, 3.63) is 0 Å². The van der Waals surface area contributed by atoms with Gasteiger partial charge in [0.2, 0.25) is 5.91 Å². The van der Waals surface area contributed by atoms with Crippen molar-refractivity contribution in [2.45, 2.75) is 25.0 Å². The Bertz CT molecular complexity index is 310. The number of amides is 1. The van der Waals surface area contributed by atoms with Crippen molar-refractivity contribution in [2.75, 3.05) is 59.1 Å². The quantitative estimate of drug-likeness (QED) is 0.780. The first-order chi connectivity index (χ1) is 9.60. The van der Waals surface area contributed by atoms with Crippen molar-refractivity contribution in [2.24, 2.45) is 5.92 Å². The Morgan fingerprint density at radius 2 is 1.75 bits per heavy atom. The monoisotopic (exact) mass is 299 g/mol. The maximum atomic E-state index is 12.2. The van der Waals surface area contributed by atoms with Crippen molar-refractivity contribution in [3.63, 3.8) is 0 Å². The minimum absolute atomic E-state index is 0.115. The lowest BCUT2D eigenvalue weighted by atomic mass is 9.95. The minimum atomic E-state index is 0.115. The molecule has 1 amide bonds. The molecule has 0 aromatic heterocycles. The van der Waals surface area contributed by atoms with Gasteiger partial charge in [-0.1, -0.05) is 0 Å². The SMILES string of the molecule is CS[C@H](C)C(=O)N1CCC(CN2CCN(C)CC2)CC1. The van der Waals surface area contributed by atoms with E-state index in [2.05, 4.69) is 21.7 Å². The number of hydrogen-bond donors (Lipinski definition) is 0. The number of carbonyl (C=O) groups excluding carboxylic acids is 1. The van der Waals surface area contributed by atoms with Crippen molar-refractivity contribution >= 4 is 17.7 Å². The summed E-state index contributed by atoms with van der Waals surface area (Å²) in [5.74, 6) is 1.11. The van der Waals surface area contributed by atoms with Crippen molar-refractivity contribution < 1.29 is 4.79 Å². The minimum Gasteiger partial charge on any atom is -0.342 e. The third-order valence-corrected chi connectivity index (χ3v) is 5.65. The molecule has 2 aliphatic heterocycles. The molecule has 0 spiro atoms. The van der Waals surface area contributed by atoms with E-state index in [4.69, 9.17) is 0 Å². The number of thioether (sulfide) groups is 1. The lowest BCUT2D eigenvalue weighted by Crippen LogP contribution is -2.48. The average molecular weight is 299 g/mol. The molecular weight excluding hydrogens is 270 g/mol. The fourth-order valence-electron chi connectivity index (χ4n) is 3.09. The van der Waals surface area contributed by atoms with Crippen LogP contribution in [0.3, 0.4) is 0 Å². The summed E-state index contributed by atoms with van der Waals surface area (Å²) in [6.07, 6.45) is 4.38. The largest absolute Gasteiger partial charge is 0.342 e. The second kappa shape index (κ2) is 7.66. The number of rotatable bonds is 4. The molecule has 0 N–H and O–H groups in total. The first-order valence-electron chi connectivity index (χ1n) is 7.82. The summed E-state index contributed by atoms with van der Waals surface area (Å²) in [5, 5.41) is 0.115. The zero-order valence-corrected chi connectivity index (χ0v) is 14.0. The molecule has 0 saturated carbocycles. The van der Waals surface area contributed by atoms with E-state index in [1.165, 1.54) is 45.6 Å². The second-order valence-electron chi connectivity index (χ2n) is 6.25. The van der Waals surface area contributed by atoms with Crippen LogP contribution in [0.2, 0.25) is 0 Å². The van der Waals surface area contributed by atoms with Crippen molar-refractivity contribution in [1.29, 1.82) is 0 Å². The molecule has 2 rings (SSSR count). The summed E-state index contributed by atoms with van der Waals surface area (Å²) in [7, 11) is 2.20. The molecule has 0 aromatic carbocycles. The van der Waals surface area contributed by atoms with Crippen LogP contribution in [0.1, 0.15) is 19.8 Å². The van der Waals surface area contributed by atoms with Gasteiger partial charge in [0.15, 0.2) is 0 Å². The van der Waals surface area contributed by atoms with Crippen LogP contribution in [0.25, 0.3) is 0 Å². The van der Waals surface area contributed by atoms with Gasteiger partial charge in [0, 0.05) is 45.8 Å². The van der Waals surface area contributed by atoms with Crippen LogP contribution in [0.5, 0.6) is 0 Å².